The third kappa shape index (κ3) is 4.13. The van der Waals surface area contributed by atoms with Crippen LogP contribution in [0.15, 0.2) is 36.7 Å². The number of anilines is 1. The van der Waals surface area contributed by atoms with E-state index in [1.807, 2.05) is 11.0 Å². The summed E-state index contributed by atoms with van der Waals surface area (Å²) in [6, 6.07) is 6.71. The molecule has 1 saturated heterocycles. The molecule has 152 valence electrons. The lowest BCUT2D eigenvalue weighted by Crippen LogP contribution is -2.43. The maximum absolute atomic E-state index is 13.1. The highest BCUT2D eigenvalue weighted by Crippen LogP contribution is 2.28. The average molecular weight is 405 g/mol. The molecule has 29 heavy (non-hydrogen) atoms. The van der Waals surface area contributed by atoms with Gasteiger partial charge >= 0.3 is 6.18 Å². The van der Waals surface area contributed by atoms with Crippen LogP contribution in [0.25, 0.3) is 5.65 Å². The molecule has 11 heteroatoms. The zero-order chi connectivity index (χ0) is 20.4. The van der Waals surface area contributed by atoms with Gasteiger partial charge in [-0.1, -0.05) is 6.07 Å². The molecular weight excluding hydrogens is 387 g/mol. The van der Waals surface area contributed by atoms with E-state index < -0.39 is 12.0 Å². The minimum atomic E-state index is -4.65. The van der Waals surface area contributed by atoms with Gasteiger partial charge in [-0.05, 0) is 36.6 Å². The van der Waals surface area contributed by atoms with Gasteiger partial charge in [-0.3, -0.25) is 9.78 Å². The van der Waals surface area contributed by atoms with Crippen LogP contribution in [0, 0.1) is 5.92 Å². The van der Waals surface area contributed by atoms with Crippen molar-refractivity contribution in [3.63, 3.8) is 0 Å². The third-order valence-electron chi connectivity index (χ3n) is 4.81. The Labute approximate surface area is 163 Å². The van der Waals surface area contributed by atoms with Crippen molar-refractivity contribution in [2.45, 2.75) is 25.6 Å². The van der Waals surface area contributed by atoms with Gasteiger partial charge in [-0.15, -0.1) is 15.3 Å². The number of pyridine rings is 1. The van der Waals surface area contributed by atoms with E-state index in [4.69, 9.17) is 0 Å². The Morgan fingerprint density at radius 2 is 2.10 bits per heavy atom. The molecule has 1 N–H and O–H groups in total. The van der Waals surface area contributed by atoms with Crippen LogP contribution in [0.4, 0.5) is 19.0 Å². The zero-order valence-corrected chi connectivity index (χ0v) is 15.3. The van der Waals surface area contributed by atoms with Gasteiger partial charge in [0, 0.05) is 32.0 Å². The fourth-order valence-electron chi connectivity index (χ4n) is 3.36. The molecule has 0 saturated carbocycles. The predicted molar refractivity (Wildman–Crippen MR) is 96.8 cm³/mol. The number of nitrogens with zero attached hydrogens (tertiary/aromatic N) is 6. The summed E-state index contributed by atoms with van der Waals surface area (Å²) >= 11 is 0. The summed E-state index contributed by atoms with van der Waals surface area (Å²) in [7, 11) is 0. The van der Waals surface area contributed by atoms with Gasteiger partial charge < -0.3 is 10.2 Å². The van der Waals surface area contributed by atoms with Gasteiger partial charge in [0.1, 0.15) is 5.82 Å². The van der Waals surface area contributed by atoms with E-state index in [-0.39, 0.29) is 17.5 Å². The summed E-state index contributed by atoms with van der Waals surface area (Å²) in [6.45, 7) is 1.36. The number of amides is 1. The first-order chi connectivity index (χ1) is 13.9. The SMILES string of the molecule is O=C(NCc1cccnc1)[C@H]1CCCN(c2ccc3nnc(C(F)(F)F)n3n2)C1. The minimum Gasteiger partial charge on any atom is -0.354 e. The molecule has 0 spiro atoms. The average Bonchev–Trinajstić information content (AvgIpc) is 3.16. The number of carbonyl (C=O) groups excluding carboxylic acids is 1. The molecule has 0 radical (unpaired) electrons. The summed E-state index contributed by atoms with van der Waals surface area (Å²) in [6.07, 6.45) is 0.136. The second kappa shape index (κ2) is 7.64. The van der Waals surface area contributed by atoms with Crippen molar-refractivity contribution in [2.24, 2.45) is 5.92 Å². The van der Waals surface area contributed by atoms with Crippen LogP contribution in [0.5, 0.6) is 0 Å². The summed E-state index contributed by atoms with van der Waals surface area (Å²) in [5, 5.41) is 13.7. The van der Waals surface area contributed by atoms with Crippen LogP contribution in [-0.4, -0.2) is 43.8 Å². The Kier molecular flexibility index (Phi) is 5.03. The van der Waals surface area contributed by atoms with Crippen molar-refractivity contribution in [3.8, 4) is 0 Å². The molecule has 4 heterocycles. The van der Waals surface area contributed by atoms with Crippen molar-refractivity contribution in [2.75, 3.05) is 18.0 Å². The lowest BCUT2D eigenvalue weighted by molar-refractivity contribution is -0.146. The number of rotatable bonds is 4. The molecule has 1 amide bonds. The number of alkyl halides is 3. The highest BCUT2D eigenvalue weighted by molar-refractivity contribution is 5.79. The van der Waals surface area contributed by atoms with E-state index in [9.17, 15) is 18.0 Å². The fourth-order valence-corrected chi connectivity index (χ4v) is 3.36. The van der Waals surface area contributed by atoms with Crippen molar-refractivity contribution < 1.29 is 18.0 Å². The molecule has 1 aliphatic rings. The predicted octanol–water partition coefficient (Wildman–Crippen LogP) is 2.07. The van der Waals surface area contributed by atoms with Crippen LogP contribution in [-0.2, 0) is 17.5 Å². The number of hydrogen-bond acceptors (Lipinski definition) is 6. The molecule has 3 aromatic heterocycles. The van der Waals surface area contributed by atoms with Crippen LogP contribution in [0.1, 0.15) is 24.2 Å². The van der Waals surface area contributed by atoms with Gasteiger partial charge in [0.2, 0.25) is 5.91 Å². The Morgan fingerprint density at radius 3 is 2.86 bits per heavy atom. The van der Waals surface area contributed by atoms with Crippen LogP contribution >= 0.6 is 0 Å². The monoisotopic (exact) mass is 405 g/mol. The van der Waals surface area contributed by atoms with E-state index in [0.29, 0.717) is 36.4 Å². The first-order valence-electron chi connectivity index (χ1n) is 9.13. The molecule has 1 aliphatic heterocycles. The molecule has 1 fully saturated rings. The highest BCUT2D eigenvalue weighted by Gasteiger charge is 2.38. The van der Waals surface area contributed by atoms with Gasteiger partial charge in [0.15, 0.2) is 5.65 Å². The van der Waals surface area contributed by atoms with Crippen LogP contribution in [0.3, 0.4) is 0 Å². The lowest BCUT2D eigenvalue weighted by atomic mass is 9.97. The Balaban J connectivity index is 1.47. The van der Waals surface area contributed by atoms with Crippen molar-refractivity contribution in [3.05, 3.63) is 48.0 Å². The zero-order valence-electron chi connectivity index (χ0n) is 15.3. The first-order valence-corrected chi connectivity index (χ1v) is 9.13. The molecule has 0 aliphatic carbocycles. The normalized spacial score (nSPS) is 17.5. The smallest absolute Gasteiger partial charge is 0.354 e. The highest BCUT2D eigenvalue weighted by atomic mass is 19.4. The van der Waals surface area contributed by atoms with E-state index in [1.165, 1.54) is 6.07 Å². The second-order valence-electron chi connectivity index (χ2n) is 6.85. The molecule has 1 atom stereocenters. The van der Waals surface area contributed by atoms with Crippen molar-refractivity contribution >= 4 is 17.4 Å². The number of nitrogens with one attached hydrogen (secondary N) is 1. The number of carbonyl (C=O) groups is 1. The Hall–Kier alpha value is -3.24. The van der Waals surface area contributed by atoms with Gasteiger partial charge in [-0.2, -0.15) is 17.7 Å². The number of aromatic nitrogens is 5. The van der Waals surface area contributed by atoms with E-state index in [2.05, 4.69) is 25.6 Å². The summed E-state index contributed by atoms with van der Waals surface area (Å²) in [4.78, 5) is 18.4. The van der Waals surface area contributed by atoms with Crippen molar-refractivity contribution in [1.82, 2.24) is 30.1 Å². The summed E-state index contributed by atoms with van der Waals surface area (Å²) < 4.78 is 39.9. The molecule has 0 unspecified atom stereocenters. The molecule has 0 bridgehead atoms. The Morgan fingerprint density at radius 1 is 1.24 bits per heavy atom. The second-order valence-corrected chi connectivity index (χ2v) is 6.85. The summed E-state index contributed by atoms with van der Waals surface area (Å²) in [5.74, 6) is -1.19. The third-order valence-corrected chi connectivity index (χ3v) is 4.81. The van der Waals surface area contributed by atoms with E-state index >= 15 is 0 Å². The van der Waals surface area contributed by atoms with Gasteiger partial charge in [0.05, 0.1) is 5.92 Å². The number of piperidine rings is 1. The standard InChI is InChI=1S/C18H18F3N7O/c19-18(20,21)17-25-24-14-5-6-15(26-28(14)17)27-8-2-4-13(11-27)16(29)23-10-12-3-1-7-22-9-12/h1,3,5-7,9,13H,2,4,8,10-11H2,(H,23,29)/t13-/m0/s1. The summed E-state index contributed by atoms with van der Waals surface area (Å²) in [5.41, 5.74) is 0.914. The quantitative estimate of drug-likeness (QED) is 0.715. The maximum Gasteiger partial charge on any atom is 0.453 e. The Bertz CT molecular complexity index is 1010. The molecular formula is C18H18F3N7O. The van der Waals surface area contributed by atoms with Crippen molar-refractivity contribution in [1.29, 1.82) is 0 Å². The molecule has 8 nitrogen and oxygen atoms in total. The van der Waals surface area contributed by atoms with Gasteiger partial charge in [0.25, 0.3) is 5.82 Å². The number of fused-ring (bicyclic) bond motifs is 1. The lowest BCUT2D eigenvalue weighted by Gasteiger charge is -2.32. The fraction of sp³-hybridized carbons (Fsp3) is 0.389. The first kappa shape index (κ1) is 19.1. The minimum absolute atomic E-state index is 0.0175. The van der Waals surface area contributed by atoms with Crippen LogP contribution in [0.2, 0.25) is 0 Å². The topological polar surface area (TPSA) is 88.3 Å². The maximum atomic E-state index is 13.1. The molecule has 4 rings (SSSR count). The van der Waals surface area contributed by atoms with E-state index in [0.717, 1.165) is 12.0 Å². The largest absolute Gasteiger partial charge is 0.453 e. The molecule has 3 aromatic rings. The number of hydrogen-bond donors (Lipinski definition) is 1. The van der Waals surface area contributed by atoms with Crippen LogP contribution < -0.4 is 10.2 Å². The van der Waals surface area contributed by atoms with Gasteiger partial charge in [-0.25, -0.2) is 0 Å². The van der Waals surface area contributed by atoms with E-state index in [1.54, 1.807) is 24.5 Å². The molecule has 0 aromatic carbocycles. The number of halogens is 3.